The number of hydrogen-bond donors (Lipinski definition) is 1. The first-order chi connectivity index (χ1) is 13.2. The molecular weight excluding hydrogens is 402 g/mol. The molecule has 0 saturated carbocycles. The summed E-state index contributed by atoms with van der Waals surface area (Å²) in [4.78, 5) is 27.0. The second-order valence-electron chi connectivity index (χ2n) is 6.64. The first kappa shape index (κ1) is 20.2. The summed E-state index contributed by atoms with van der Waals surface area (Å²) < 4.78 is 27.9. The molecule has 1 N–H and O–H groups in total. The standard InChI is InChI=1S/C19H20ClN3O4S/c1-22(2)19(25)13-5-10-16(20)17(12-13)21-28(26,27)15-8-6-14(7-9-15)23-11-3-4-18(23)24/h5-10,12,21H,3-4,11H2,1-2H3. The highest BCUT2D eigenvalue weighted by atomic mass is 35.5. The van der Waals surface area contributed by atoms with Crippen molar-refractivity contribution < 1.29 is 18.0 Å². The summed E-state index contributed by atoms with van der Waals surface area (Å²) in [6.07, 6.45) is 1.29. The molecule has 0 spiro atoms. The first-order valence-electron chi connectivity index (χ1n) is 8.63. The molecule has 0 bridgehead atoms. The molecule has 2 amide bonds. The Kier molecular flexibility index (Phi) is 5.62. The van der Waals surface area contributed by atoms with Crippen LogP contribution in [0.2, 0.25) is 5.02 Å². The number of amides is 2. The second-order valence-corrected chi connectivity index (χ2v) is 8.73. The number of rotatable bonds is 5. The van der Waals surface area contributed by atoms with Crippen LogP contribution in [0.15, 0.2) is 47.4 Å². The van der Waals surface area contributed by atoms with E-state index in [1.54, 1.807) is 31.1 Å². The zero-order chi connectivity index (χ0) is 20.5. The van der Waals surface area contributed by atoms with Crippen LogP contribution < -0.4 is 9.62 Å². The molecular formula is C19H20ClN3O4S. The van der Waals surface area contributed by atoms with Crippen molar-refractivity contribution in [3.8, 4) is 0 Å². The third-order valence-electron chi connectivity index (χ3n) is 4.40. The van der Waals surface area contributed by atoms with Gasteiger partial charge in [0.1, 0.15) is 0 Å². The number of sulfonamides is 1. The van der Waals surface area contributed by atoms with Crippen molar-refractivity contribution in [2.45, 2.75) is 17.7 Å². The lowest BCUT2D eigenvalue weighted by molar-refractivity contribution is -0.117. The lowest BCUT2D eigenvalue weighted by Gasteiger charge is -2.16. The Hall–Kier alpha value is -2.58. The van der Waals surface area contributed by atoms with Gasteiger partial charge in [-0.25, -0.2) is 8.42 Å². The number of carbonyl (C=O) groups excluding carboxylic acids is 2. The van der Waals surface area contributed by atoms with E-state index in [2.05, 4.69) is 4.72 Å². The summed E-state index contributed by atoms with van der Waals surface area (Å²) in [5.41, 5.74) is 1.10. The summed E-state index contributed by atoms with van der Waals surface area (Å²) >= 11 is 6.11. The van der Waals surface area contributed by atoms with E-state index in [0.29, 0.717) is 24.2 Å². The average molecular weight is 422 g/mol. The van der Waals surface area contributed by atoms with Crippen LogP contribution >= 0.6 is 11.6 Å². The predicted octanol–water partition coefficient (Wildman–Crippen LogP) is 2.97. The quantitative estimate of drug-likeness (QED) is 0.804. The van der Waals surface area contributed by atoms with Crippen LogP contribution in [0.4, 0.5) is 11.4 Å². The summed E-state index contributed by atoms with van der Waals surface area (Å²) in [5, 5.41) is 0.179. The fourth-order valence-corrected chi connectivity index (χ4v) is 4.22. The highest BCUT2D eigenvalue weighted by molar-refractivity contribution is 7.92. The van der Waals surface area contributed by atoms with Crippen molar-refractivity contribution in [3.63, 3.8) is 0 Å². The third kappa shape index (κ3) is 4.13. The van der Waals surface area contributed by atoms with Gasteiger partial charge in [-0.1, -0.05) is 11.6 Å². The van der Waals surface area contributed by atoms with Crippen LogP contribution in [0, 0.1) is 0 Å². The Labute approximate surface area is 168 Å². The number of carbonyl (C=O) groups is 2. The topological polar surface area (TPSA) is 86.8 Å². The van der Waals surface area contributed by atoms with Crippen molar-refractivity contribution in [1.29, 1.82) is 0 Å². The van der Waals surface area contributed by atoms with E-state index >= 15 is 0 Å². The minimum absolute atomic E-state index is 0.0305. The monoisotopic (exact) mass is 421 g/mol. The number of hydrogen-bond acceptors (Lipinski definition) is 4. The third-order valence-corrected chi connectivity index (χ3v) is 6.11. The molecule has 28 heavy (non-hydrogen) atoms. The molecule has 9 heteroatoms. The smallest absolute Gasteiger partial charge is 0.261 e. The number of nitrogens with one attached hydrogen (secondary N) is 1. The highest BCUT2D eigenvalue weighted by Crippen LogP contribution is 2.28. The van der Waals surface area contributed by atoms with E-state index < -0.39 is 10.0 Å². The molecule has 2 aromatic rings. The fraction of sp³-hybridized carbons (Fsp3) is 0.263. The van der Waals surface area contributed by atoms with Gasteiger partial charge in [-0.3, -0.25) is 14.3 Å². The number of benzene rings is 2. The van der Waals surface area contributed by atoms with E-state index in [0.717, 1.165) is 6.42 Å². The Bertz CT molecular complexity index is 1020. The molecule has 2 aromatic carbocycles. The molecule has 3 rings (SSSR count). The zero-order valence-corrected chi connectivity index (χ0v) is 17.0. The van der Waals surface area contributed by atoms with Crippen LogP contribution in [0.25, 0.3) is 0 Å². The molecule has 7 nitrogen and oxygen atoms in total. The van der Waals surface area contributed by atoms with Gasteiger partial charge in [0, 0.05) is 38.3 Å². The molecule has 0 unspecified atom stereocenters. The summed E-state index contributed by atoms with van der Waals surface area (Å²) in [7, 11) is -0.706. The Morgan fingerprint density at radius 3 is 2.39 bits per heavy atom. The van der Waals surface area contributed by atoms with Crippen LogP contribution in [0.5, 0.6) is 0 Å². The molecule has 1 saturated heterocycles. The van der Waals surface area contributed by atoms with Crippen molar-refractivity contribution in [1.82, 2.24) is 4.90 Å². The lowest BCUT2D eigenvalue weighted by Crippen LogP contribution is -2.23. The van der Waals surface area contributed by atoms with E-state index in [1.807, 2.05) is 0 Å². The lowest BCUT2D eigenvalue weighted by atomic mass is 10.2. The van der Waals surface area contributed by atoms with Gasteiger partial charge in [-0.15, -0.1) is 0 Å². The molecule has 1 heterocycles. The van der Waals surface area contributed by atoms with E-state index in [4.69, 9.17) is 11.6 Å². The summed E-state index contributed by atoms with van der Waals surface area (Å²) in [5.74, 6) is -0.236. The van der Waals surface area contributed by atoms with Gasteiger partial charge < -0.3 is 9.80 Å². The summed E-state index contributed by atoms with van der Waals surface area (Å²) in [6, 6.07) is 10.5. The Morgan fingerprint density at radius 1 is 1.14 bits per heavy atom. The number of anilines is 2. The molecule has 0 atom stereocenters. The first-order valence-corrected chi connectivity index (χ1v) is 10.5. The SMILES string of the molecule is CN(C)C(=O)c1ccc(Cl)c(NS(=O)(=O)c2ccc(N3CCCC3=O)cc2)c1. The highest BCUT2D eigenvalue weighted by Gasteiger charge is 2.23. The molecule has 0 aliphatic carbocycles. The van der Waals surface area contributed by atoms with Gasteiger partial charge in [0.05, 0.1) is 15.6 Å². The van der Waals surface area contributed by atoms with Crippen molar-refractivity contribution in [3.05, 3.63) is 53.1 Å². The fourth-order valence-electron chi connectivity index (χ4n) is 2.92. The molecule has 0 aromatic heterocycles. The van der Waals surface area contributed by atoms with Crippen molar-refractivity contribution in [2.24, 2.45) is 0 Å². The average Bonchev–Trinajstić information content (AvgIpc) is 3.08. The van der Waals surface area contributed by atoms with Crippen molar-refractivity contribution in [2.75, 3.05) is 30.3 Å². The van der Waals surface area contributed by atoms with E-state index in [9.17, 15) is 18.0 Å². The molecule has 148 valence electrons. The minimum atomic E-state index is -3.92. The van der Waals surface area contributed by atoms with Crippen LogP contribution in [0.1, 0.15) is 23.2 Å². The van der Waals surface area contributed by atoms with Crippen molar-refractivity contribution >= 4 is 44.8 Å². The maximum absolute atomic E-state index is 12.7. The van der Waals surface area contributed by atoms with Gasteiger partial charge in [0.25, 0.3) is 15.9 Å². The number of nitrogens with zero attached hydrogens (tertiary/aromatic N) is 2. The van der Waals surface area contributed by atoms with Gasteiger partial charge in [-0.05, 0) is 48.9 Å². The maximum atomic E-state index is 12.7. The zero-order valence-electron chi connectivity index (χ0n) is 15.5. The largest absolute Gasteiger partial charge is 0.345 e. The minimum Gasteiger partial charge on any atom is -0.345 e. The normalized spacial score (nSPS) is 14.2. The number of halogens is 1. The molecule has 1 fully saturated rings. The Morgan fingerprint density at radius 2 is 1.82 bits per heavy atom. The molecule has 1 aliphatic rings. The van der Waals surface area contributed by atoms with Crippen LogP contribution in [-0.2, 0) is 14.8 Å². The van der Waals surface area contributed by atoms with Gasteiger partial charge in [-0.2, -0.15) is 0 Å². The van der Waals surface area contributed by atoms with Gasteiger partial charge in [0.2, 0.25) is 5.91 Å². The van der Waals surface area contributed by atoms with Crippen LogP contribution in [0.3, 0.4) is 0 Å². The van der Waals surface area contributed by atoms with Gasteiger partial charge in [0.15, 0.2) is 0 Å². The van der Waals surface area contributed by atoms with Gasteiger partial charge >= 0.3 is 0 Å². The second kappa shape index (κ2) is 7.81. The van der Waals surface area contributed by atoms with E-state index in [-0.39, 0.29) is 27.4 Å². The molecule has 1 aliphatic heterocycles. The van der Waals surface area contributed by atoms with E-state index in [1.165, 1.54) is 35.2 Å². The maximum Gasteiger partial charge on any atom is 0.261 e. The molecule has 0 radical (unpaired) electrons. The van der Waals surface area contributed by atoms with Crippen LogP contribution in [-0.4, -0.2) is 45.8 Å². The summed E-state index contributed by atoms with van der Waals surface area (Å²) in [6.45, 7) is 0.630. The predicted molar refractivity (Wildman–Crippen MR) is 108 cm³/mol. The Balaban J connectivity index is 1.85.